The van der Waals surface area contributed by atoms with Gasteiger partial charge in [0.2, 0.25) is 0 Å². The Morgan fingerprint density at radius 3 is 1.44 bits per heavy atom. The lowest BCUT2D eigenvalue weighted by Gasteiger charge is -2.15. The van der Waals surface area contributed by atoms with Crippen LogP contribution < -0.4 is 9.80 Å². The largest absolute Gasteiger partial charge is 0.478 e. The normalized spacial score (nSPS) is 18.6. The third-order valence-corrected chi connectivity index (χ3v) is 7.32. The minimum absolute atomic E-state index is 0.0128. The highest BCUT2D eigenvalue weighted by Crippen LogP contribution is 2.44. The van der Waals surface area contributed by atoms with Gasteiger partial charge in [0.25, 0.3) is 11.8 Å². The van der Waals surface area contributed by atoms with Crippen molar-refractivity contribution in [3.05, 3.63) is 69.5 Å². The fourth-order valence-electron chi connectivity index (χ4n) is 3.01. The minimum Gasteiger partial charge on any atom is -0.478 e. The summed E-state index contributed by atoms with van der Waals surface area (Å²) >= 11 is 12.5. The first kappa shape index (κ1) is 22.1. The van der Waals surface area contributed by atoms with Gasteiger partial charge in [0.05, 0.1) is 32.3 Å². The topological polar surface area (TPSA) is 115 Å². The number of carboxylic acids is 2. The standard InChI is InChI=1S/C20H10N2O6S4/c23-15-13(31-19(29)21(15)11-5-1-3-9(7-11)17(25)26)14-16(24)22(20(30)32-14)12-6-2-4-10(8-12)18(27)28/h1-8H,(H,25,26)(H,27,28). The molecule has 32 heavy (non-hydrogen) atoms. The summed E-state index contributed by atoms with van der Waals surface area (Å²) in [5, 5.41) is 18.4. The van der Waals surface area contributed by atoms with E-state index in [1.165, 1.54) is 46.2 Å². The van der Waals surface area contributed by atoms with Gasteiger partial charge >= 0.3 is 11.9 Å². The molecule has 0 aliphatic carbocycles. The number of nitrogens with zero attached hydrogens (tertiary/aromatic N) is 2. The van der Waals surface area contributed by atoms with Crippen molar-refractivity contribution in [3.63, 3.8) is 0 Å². The lowest BCUT2D eigenvalue weighted by atomic mass is 10.2. The summed E-state index contributed by atoms with van der Waals surface area (Å²) in [5.74, 6) is -3.44. The lowest BCUT2D eigenvalue weighted by molar-refractivity contribution is -0.115. The van der Waals surface area contributed by atoms with Gasteiger partial charge in [-0.3, -0.25) is 19.4 Å². The first-order valence-electron chi connectivity index (χ1n) is 8.72. The van der Waals surface area contributed by atoms with E-state index >= 15 is 0 Å². The van der Waals surface area contributed by atoms with Gasteiger partial charge in [-0.2, -0.15) is 0 Å². The molecule has 0 saturated carbocycles. The van der Waals surface area contributed by atoms with Crippen LogP contribution in [-0.2, 0) is 9.59 Å². The zero-order valence-corrected chi connectivity index (χ0v) is 18.9. The van der Waals surface area contributed by atoms with E-state index in [1.807, 2.05) is 0 Å². The van der Waals surface area contributed by atoms with Crippen LogP contribution in [0.15, 0.2) is 58.3 Å². The van der Waals surface area contributed by atoms with Crippen molar-refractivity contribution < 1.29 is 29.4 Å². The number of carbonyl (C=O) groups is 4. The summed E-state index contributed by atoms with van der Waals surface area (Å²) in [5.41, 5.74) is 0.515. The predicted molar refractivity (Wildman–Crippen MR) is 129 cm³/mol. The number of thiocarbonyl (C=S) groups is 2. The maximum atomic E-state index is 13.1. The molecule has 2 aliphatic rings. The molecule has 2 heterocycles. The molecule has 0 atom stereocenters. The number of amides is 2. The molecule has 2 saturated heterocycles. The molecule has 4 rings (SSSR count). The zero-order chi connectivity index (χ0) is 23.2. The third kappa shape index (κ3) is 3.81. The average Bonchev–Trinajstić information content (AvgIpc) is 3.22. The molecular formula is C20H10N2O6S4. The smallest absolute Gasteiger partial charge is 0.335 e. The molecule has 12 heteroatoms. The average molecular weight is 503 g/mol. The highest BCUT2D eigenvalue weighted by molar-refractivity contribution is 8.30. The Bertz CT molecular complexity index is 1190. The number of rotatable bonds is 4. The van der Waals surface area contributed by atoms with Crippen LogP contribution in [-0.4, -0.2) is 42.6 Å². The number of thioether (sulfide) groups is 2. The fourth-order valence-corrected chi connectivity index (χ4v) is 5.76. The van der Waals surface area contributed by atoms with E-state index in [1.54, 1.807) is 12.1 Å². The van der Waals surface area contributed by atoms with Crippen LogP contribution in [0.25, 0.3) is 0 Å². The SMILES string of the molecule is O=C(O)c1cccc(N2C(=O)C(=C3SC(=S)N(c4cccc(C(=O)O)c4)C3=O)SC2=S)c1. The summed E-state index contributed by atoms with van der Waals surface area (Å²) in [4.78, 5) is 51.3. The van der Waals surface area contributed by atoms with Gasteiger partial charge < -0.3 is 10.2 Å². The molecule has 8 nitrogen and oxygen atoms in total. The Kier molecular flexibility index (Phi) is 5.86. The zero-order valence-electron chi connectivity index (χ0n) is 15.7. The van der Waals surface area contributed by atoms with Crippen molar-refractivity contribution in [3.8, 4) is 0 Å². The van der Waals surface area contributed by atoms with Crippen molar-refractivity contribution in [2.45, 2.75) is 0 Å². The lowest BCUT2D eigenvalue weighted by Crippen LogP contribution is -2.29. The molecule has 2 amide bonds. The Hall–Kier alpha value is -3.06. The van der Waals surface area contributed by atoms with Gasteiger partial charge in [-0.1, -0.05) is 60.1 Å². The summed E-state index contributed by atoms with van der Waals surface area (Å²) < 4.78 is 0.288. The monoisotopic (exact) mass is 502 g/mol. The van der Waals surface area contributed by atoms with Crippen molar-refractivity contribution in [2.75, 3.05) is 9.80 Å². The molecule has 0 unspecified atom stereocenters. The van der Waals surface area contributed by atoms with Crippen LogP contribution in [0.5, 0.6) is 0 Å². The predicted octanol–water partition coefficient (Wildman–Crippen LogP) is 3.72. The minimum atomic E-state index is -1.15. The molecule has 0 bridgehead atoms. The molecule has 0 radical (unpaired) electrons. The van der Waals surface area contributed by atoms with E-state index in [0.29, 0.717) is 0 Å². The summed E-state index contributed by atoms with van der Waals surface area (Å²) in [7, 11) is 0. The number of hydrogen-bond donors (Lipinski definition) is 2. The van der Waals surface area contributed by atoms with Gasteiger partial charge in [0.1, 0.15) is 0 Å². The first-order valence-corrected chi connectivity index (χ1v) is 11.2. The molecule has 0 spiro atoms. The van der Waals surface area contributed by atoms with Gasteiger partial charge in [0.15, 0.2) is 8.64 Å². The maximum Gasteiger partial charge on any atom is 0.335 e. The number of hydrogen-bond acceptors (Lipinski definition) is 8. The molecule has 160 valence electrons. The Morgan fingerprint density at radius 1 is 0.719 bits per heavy atom. The number of aromatic carboxylic acids is 2. The van der Waals surface area contributed by atoms with E-state index in [-0.39, 0.29) is 41.0 Å². The highest BCUT2D eigenvalue weighted by atomic mass is 32.2. The van der Waals surface area contributed by atoms with Crippen molar-refractivity contribution >= 4 is 91.7 Å². The van der Waals surface area contributed by atoms with Crippen LogP contribution in [0.3, 0.4) is 0 Å². The Labute approximate surface area is 199 Å². The second-order valence-corrected chi connectivity index (χ2v) is 9.67. The quantitative estimate of drug-likeness (QED) is 0.473. The van der Waals surface area contributed by atoms with Crippen LogP contribution in [0, 0.1) is 0 Å². The van der Waals surface area contributed by atoms with Gasteiger partial charge in [-0.05, 0) is 36.4 Å². The first-order chi connectivity index (χ1) is 15.2. The van der Waals surface area contributed by atoms with Crippen molar-refractivity contribution in [2.24, 2.45) is 0 Å². The van der Waals surface area contributed by atoms with Gasteiger partial charge in [0, 0.05) is 0 Å². The van der Waals surface area contributed by atoms with Crippen molar-refractivity contribution in [1.29, 1.82) is 0 Å². The third-order valence-electron chi connectivity index (χ3n) is 4.45. The van der Waals surface area contributed by atoms with E-state index in [0.717, 1.165) is 23.5 Å². The Morgan fingerprint density at radius 2 is 1.09 bits per heavy atom. The fraction of sp³-hybridized carbons (Fsp3) is 0. The van der Waals surface area contributed by atoms with E-state index < -0.39 is 23.8 Å². The van der Waals surface area contributed by atoms with E-state index in [2.05, 4.69) is 0 Å². The molecule has 2 aliphatic heterocycles. The maximum absolute atomic E-state index is 13.1. The van der Waals surface area contributed by atoms with E-state index in [4.69, 9.17) is 24.4 Å². The summed E-state index contributed by atoms with van der Waals surface area (Å²) in [6.07, 6.45) is 0. The van der Waals surface area contributed by atoms with Gasteiger partial charge in [-0.15, -0.1) is 0 Å². The van der Waals surface area contributed by atoms with Crippen LogP contribution in [0.2, 0.25) is 0 Å². The molecule has 2 fully saturated rings. The summed E-state index contributed by atoms with van der Waals surface area (Å²) in [6, 6.07) is 11.5. The molecule has 0 aromatic heterocycles. The molecular weight excluding hydrogens is 492 g/mol. The molecule has 2 N–H and O–H groups in total. The number of benzene rings is 2. The van der Waals surface area contributed by atoms with E-state index in [9.17, 15) is 29.4 Å². The second-order valence-electron chi connectivity index (χ2n) is 6.39. The highest BCUT2D eigenvalue weighted by Gasteiger charge is 2.43. The number of carbonyl (C=O) groups excluding carboxylic acids is 2. The second kappa shape index (κ2) is 8.47. The van der Waals surface area contributed by atoms with Crippen molar-refractivity contribution in [1.82, 2.24) is 0 Å². The van der Waals surface area contributed by atoms with Crippen LogP contribution in [0.4, 0.5) is 11.4 Å². The van der Waals surface area contributed by atoms with Crippen LogP contribution in [0.1, 0.15) is 20.7 Å². The number of carboxylic acid groups (broad SMARTS) is 2. The van der Waals surface area contributed by atoms with Crippen LogP contribution >= 0.6 is 48.0 Å². The number of anilines is 2. The molecule has 2 aromatic carbocycles. The van der Waals surface area contributed by atoms with Gasteiger partial charge in [-0.25, -0.2) is 9.59 Å². The molecule has 2 aromatic rings. The Balaban J connectivity index is 1.70. The summed E-state index contributed by atoms with van der Waals surface area (Å²) in [6.45, 7) is 0.